The van der Waals surface area contributed by atoms with Crippen LogP contribution in [0, 0.1) is 5.92 Å². The average molecular weight is 425 g/mol. The standard InChI is InChI=1S/C27H36O4/c1-4-6-8-9-11-21(10-7-5-2)20-31-25-18-14-23(15-19-25)27(29)26(28)22-12-16-24(30-3)17-13-22/h12-19,21H,4-11,20H2,1-3H3. The molecular formula is C27H36O4. The minimum absolute atomic E-state index is 0.355. The van der Waals surface area contributed by atoms with Crippen LogP contribution in [0.4, 0.5) is 0 Å². The SMILES string of the molecule is CCCCCCC(CCCC)COc1ccc(C(=O)C(=O)c2ccc(OC)cc2)cc1. The Balaban J connectivity index is 1.91. The number of ketones is 2. The first-order valence-electron chi connectivity index (χ1n) is 11.5. The number of unbranched alkanes of at least 4 members (excludes halogenated alkanes) is 4. The fourth-order valence-corrected chi connectivity index (χ4v) is 3.58. The van der Waals surface area contributed by atoms with Crippen LogP contribution in [0.25, 0.3) is 0 Å². The number of benzene rings is 2. The van der Waals surface area contributed by atoms with Crippen LogP contribution in [-0.2, 0) is 0 Å². The van der Waals surface area contributed by atoms with Gasteiger partial charge in [0.15, 0.2) is 0 Å². The molecule has 2 rings (SSSR count). The van der Waals surface area contributed by atoms with Crippen LogP contribution >= 0.6 is 0 Å². The maximum atomic E-state index is 12.5. The lowest BCUT2D eigenvalue weighted by atomic mass is 9.96. The minimum atomic E-state index is -0.525. The molecule has 31 heavy (non-hydrogen) atoms. The monoisotopic (exact) mass is 424 g/mol. The van der Waals surface area contributed by atoms with Gasteiger partial charge in [-0.05, 0) is 67.3 Å². The van der Waals surface area contributed by atoms with Gasteiger partial charge in [0.05, 0.1) is 13.7 Å². The summed E-state index contributed by atoms with van der Waals surface area (Å²) in [6.07, 6.45) is 9.91. The van der Waals surface area contributed by atoms with Crippen molar-refractivity contribution in [2.24, 2.45) is 5.92 Å². The Morgan fingerprint density at radius 1 is 0.710 bits per heavy atom. The molecule has 0 saturated carbocycles. The van der Waals surface area contributed by atoms with E-state index in [0.717, 1.165) is 5.75 Å². The van der Waals surface area contributed by atoms with Crippen LogP contribution in [0.3, 0.4) is 0 Å². The topological polar surface area (TPSA) is 52.6 Å². The molecule has 0 aliphatic heterocycles. The van der Waals surface area contributed by atoms with E-state index >= 15 is 0 Å². The van der Waals surface area contributed by atoms with Crippen molar-refractivity contribution in [3.63, 3.8) is 0 Å². The number of hydrogen-bond donors (Lipinski definition) is 0. The van der Waals surface area contributed by atoms with Gasteiger partial charge >= 0.3 is 0 Å². The van der Waals surface area contributed by atoms with E-state index in [1.165, 1.54) is 51.4 Å². The van der Waals surface area contributed by atoms with E-state index in [0.29, 0.717) is 29.4 Å². The summed E-state index contributed by atoms with van der Waals surface area (Å²) in [6, 6.07) is 13.5. The third kappa shape index (κ3) is 8.20. The highest BCUT2D eigenvalue weighted by Gasteiger charge is 2.18. The molecule has 0 heterocycles. The highest BCUT2D eigenvalue weighted by atomic mass is 16.5. The summed E-state index contributed by atoms with van der Waals surface area (Å²) in [4.78, 5) is 25.0. The van der Waals surface area contributed by atoms with Crippen molar-refractivity contribution in [1.82, 2.24) is 0 Å². The predicted molar refractivity (Wildman–Crippen MR) is 125 cm³/mol. The van der Waals surface area contributed by atoms with Crippen LogP contribution in [0.1, 0.15) is 85.9 Å². The van der Waals surface area contributed by atoms with Crippen LogP contribution in [-0.4, -0.2) is 25.3 Å². The summed E-state index contributed by atoms with van der Waals surface area (Å²) in [5.41, 5.74) is 0.725. The lowest BCUT2D eigenvalue weighted by molar-refractivity contribution is 0.0817. The van der Waals surface area contributed by atoms with Crippen LogP contribution in [0.15, 0.2) is 48.5 Å². The molecule has 2 aromatic rings. The minimum Gasteiger partial charge on any atom is -0.497 e. The Morgan fingerprint density at radius 3 is 1.74 bits per heavy atom. The highest BCUT2D eigenvalue weighted by molar-refractivity contribution is 6.49. The molecule has 0 aliphatic rings. The number of rotatable bonds is 15. The van der Waals surface area contributed by atoms with Gasteiger partial charge in [0.25, 0.3) is 0 Å². The number of methoxy groups -OCH3 is 1. The van der Waals surface area contributed by atoms with Gasteiger partial charge in [0.1, 0.15) is 11.5 Å². The number of carbonyl (C=O) groups is 2. The van der Waals surface area contributed by atoms with Gasteiger partial charge in [0.2, 0.25) is 11.6 Å². The number of ether oxygens (including phenoxy) is 2. The number of carbonyl (C=O) groups excluding carboxylic acids is 2. The Bertz CT molecular complexity index is 793. The van der Waals surface area contributed by atoms with E-state index in [1.54, 1.807) is 55.6 Å². The normalized spacial score (nSPS) is 11.7. The summed E-state index contributed by atoms with van der Waals surface area (Å²) in [5, 5.41) is 0. The molecule has 0 aromatic heterocycles. The fraction of sp³-hybridized carbons (Fsp3) is 0.481. The van der Waals surface area contributed by atoms with E-state index < -0.39 is 11.6 Å². The zero-order valence-corrected chi connectivity index (χ0v) is 19.2. The molecule has 0 amide bonds. The highest BCUT2D eigenvalue weighted by Crippen LogP contribution is 2.21. The lowest BCUT2D eigenvalue weighted by Crippen LogP contribution is -2.15. The number of Topliss-reactive ketones (excluding diaryl/α,β-unsaturated/α-hetero) is 2. The molecule has 4 nitrogen and oxygen atoms in total. The Hall–Kier alpha value is -2.62. The van der Waals surface area contributed by atoms with Gasteiger partial charge < -0.3 is 9.47 Å². The fourth-order valence-electron chi connectivity index (χ4n) is 3.58. The third-order valence-electron chi connectivity index (χ3n) is 5.59. The molecule has 0 aliphatic carbocycles. The molecular weight excluding hydrogens is 388 g/mol. The second-order valence-electron chi connectivity index (χ2n) is 8.08. The average Bonchev–Trinajstić information content (AvgIpc) is 2.82. The van der Waals surface area contributed by atoms with Crippen molar-refractivity contribution in [3.05, 3.63) is 59.7 Å². The molecule has 2 aromatic carbocycles. The smallest absolute Gasteiger partial charge is 0.233 e. The molecule has 168 valence electrons. The Labute approximate surface area is 187 Å². The maximum absolute atomic E-state index is 12.5. The molecule has 1 atom stereocenters. The van der Waals surface area contributed by atoms with Crippen molar-refractivity contribution in [1.29, 1.82) is 0 Å². The zero-order valence-electron chi connectivity index (χ0n) is 19.2. The van der Waals surface area contributed by atoms with Crippen molar-refractivity contribution in [3.8, 4) is 11.5 Å². The maximum Gasteiger partial charge on any atom is 0.233 e. The van der Waals surface area contributed by atoms with Crippen LogP contribution in [0.2, 0.25) is 0 Å². The molecule has 4 heteroatoms. The van der Waals surface area contributed by atoms with E-state index in [4.69, 9.17) is 9.47 Å². The molecule has 0 spiro atoms. The first kappa shape index (κ1) is 24.6. The first-order valence-corrected chi connectivity index (χ1v) is 11.5. The van der Waals surface area contributed by atoms with Gasteiger partial charge in [-0.15, -0.1) is 0 Å². The van der Waals surface area contributed by atoms with Gasteiger partial charge in [-0.2, -0.15) is 0 Å². The molecule has 0 fully saturated rings. The van der Waals surface area contributed by atoms with E-state index in [2.05, 4.69) is 13.8 Å². The van der Waals surface area contributed by atoms with Crippen molar-refractivity contribution in [2.75, 3.05) is 13.7 Å². The summed E-state index contributed by atoms with van der Waals surface area (Å²) in [7, 11) is 1.56. The summed E-state index contributed by atoms with van der Waals surface area (Å²) >= 11 is 0. The third-order valence-corrected chi connectivity index (χ3v) is 5.59. The van der Waals surface area contributed by atoms with Gasteiger partial charge in [-0.3, -0.25) is 9.59 Å². The molecule has 0 bridgehead atoms. The van der Waals surface area contributed by atoms with Crippen LogP contribution in [0.5, 0.6) is 11.5 Å². The van der Waals surface area contributed by atoms with Gasteiger partial charge in [0, 0.05) is 11.1 Å². The number of hydrogen-bond acceptors (Lipinski definition) is 4. The largest absolute Gasteiger partial charge is 0.497 e. The lowest BCUT2D eigenvalue weighted by Gasteiger charge is -2.17. The second-order valence-corrected chi connectivity index (χ2v) is 8.08. The molecule has 0 radical (unpaired) electrons. The van der Waals surface area contributed by atoms with E-state index in [9.17, 15) is 9.59 Å². The molecule has 0 saturated heterocycles. The Morgan fingerprint density at radius 2 is 1.23 bits per heavy atom. The molecule has 0 N–H and O–H groups in total. The molecule has 1 unspecified atom stereocenters. The zero-order chi connectivity index (χ0) is 22.5. The second kappa shape index (κ2) is 13.6. The Kier molecular flexibility index (Phi) is 10.8. The van der Waals surface area contributed by atoms with Gasteiger partial charge in [-0.25, -0.2) is 0 Å². The van der Waals surface area contributed by atoms with Crippen LogP contribution < -0.4 is 9.47 Å². The predicted octanol–water partition coefficient (Wildman–Crippen LogP) is 6.92. The first-order chi connectivity index (χ1) is 15.1. The van der Waals surface area contributed by atoms with Gasteiger partial charge in [-0.1, -0.05) is 52.4 Å². The van der Waals surface area contributed by atoms with E-state index in [-0.39, 0.29) is 0 Å². The van der Waals surface area contributed by atoms with E-state index in [1.807, 2.05) is 0 Å². The summed E-state index contributed by atoms with van der Waals surface area (Å²) in [5.74, 6) is 0.905. The van der Waals surface area contributed by atoms with Crippen molar-refractivity contribution >= 4 is 11.6 Å². The quantitative estimate of drug-likeness (QED) is 0.177. The van der Waals surface area contributed by atoms with Crippen molar-refractivity contribution in [2.45, 2.75) is 65.2 Å². The summed E-state index contributed by atoms with van der Waals surface area (Å²) in [6.45, 7) is 5.15. The summed E-state index contributed by atoms with van der Waals surface area (Å²) < 4.78 is 11.1. The van der Waals surface area contributed by atoms with Crippen molar-refractivity contribution < 1.29 is 19.1 Å².